The van der Waals surface area contributed by atoms with Gasteiger partial charge in [0.05, 0.1) is 5.69 Å². The van der Waals surface area contributed by atoms with E-state index < -0.39 is 0 Å². The minimum absolute atomic E-state index is 0.230. The molecule has 0 aliphatic rings. The molecule has 2 rings (SSSR count). The van der Waals surface area contributed by atoms with Crippen LogP contribution in [0.25, 0.3) is 0 Å². The fourth-order valence-electron chi connectivity index (χ4n) is 1.74. The van der Waals surface area contributed by atoms with Crippen molar-refractivity contribution < 1.29 is 9.18 Å². The summed E-state index contributed by atoms with van der Waals surface area (Å²) in [5.41, 5.74) is 2.25. The molecule has 0 aliphatic carbocycles. The number of aromatic nitrogens is 1. The third-order valence-corrected chi connectivity index (χ3v) is 3.07. The highest BCUT2D eigenvalue weighted by Gasteiger charge is 2.13. The van der Waals surface area contributed by atoms with Crippen molar-refractivity contribution in [3.63, 3.8) is 0 Å². The van der Waals surface area contributed by atoms with Gasteiger partial charge >= 0.3 is 0 Å². The van der Waals surface area contributed by atoms with Crippen LogP contribution < -0.4 is 5.32 Å². The second kappa shape index (κ2) is 5.36. The zero-order valence-corrected chi connectivity index (χ0v) is 11.3. The molecule has 0 bridgehead atoms. The Labute approximate surface area is 115 Å². The number of nitrogens with one attached hydrogen (secondary N) is 1. The number of anilines is 1. The molecule has 98 valence electrons. The SMILES string of the molecule is Cc1cc(F)ccc1C(=O)Nc1c(C)ccnc1Cl. The molecule has 5 heteroatoms. The van der Waals surface area contributed by atoms with Gasteiger partial charge in [0, 0.05) is 11.8 Å². The van der Waals surface area contributed by atoms with Gasteiger partial charge in [0.15, 0.2) is 5.15 Å². The first-order chi connectivity index (χ1) is 8.99. The zero-order valence-electron chi connectivity index (χ0n) is 10.5. The summed E-state index contributed by atoms with van der Waals surface area (Å²) in [4.78, 5) is 16.0. The lowest BCUT2D eigenvalue weighted by molar-refractivity contribution is 0.102. The molecule has 1 aromatic heterocycles. The number of halogens is 2. The average molecular weight is 279 g/mol. The summed E-state index contributed by atoms with van der Waals surface area (Å²) >= 11 is 5.94. The smallest absolute Gasteiger partial charge is 0.256 e. The van der Waals surface area contributed by atoms with Crippen LogP contribution in [0.15, 0.2) is 30.5 Å². The maximum atomic E-state index is 13.0. The summed E-state index contributed by atoms with van der Waals surface area (Å²) in [7, 11) is 0. The molecule has 1 heterocycles. The summed E-state index contributed by atoms with van der Waals surface area (Å²) in [6, 6.07) is 5.75. The summed E-state index contributed by atoms with van der Waals surface area (Å²) in [5, 5.41) is 2.93. The van der Waals surface area contributed by atoms with E-state index in [1.165, 1.54) is 18.2 Å². The monoisotopic (exact) mass is 278 g/mol. The van der Waals surface area contributed by atoms with Gasteiger partial charge in [0.1, 0.15) is 5.82 Å². The maximum absolute atomic E-state index is 13.0. The number of pyridine rings is 1. The van der Waals surface area contributed by atoms with Gasteiger partial charge in [-0.3, -0.25) is 4.79 Å². The van der Waals surface area contributed by atoms with Crippen molar-refractivity contribution in [1.29, 1.82) is 0 Å². The van der Waals surface area contributed by atoms with Crippen molar-refractivity contribution in [1.82, 2.24) is 4.98 Å². The van der Waals surface area contributed by atoms with E-state index >= 15 is 0 Å². The molecular weight excluding hydrogens is 267 g/mol. The van der Waals surface area contributed by atoms with Crippen LogP contribution in [0.3, 0.4) is 0 Å². The van der Waals surface area contributed by atoms with E-state index in [0.717, 1.165) is 5.56 Å². The molecule has 1 aromatic carbocycles. The van der Waals surface area contributed by atoms with E-state index in [2.05, 4.69) is 10.3 Å². The Balaban J connectivity index is 2.31. The normalized spacial score (nSPS) is 10.3. The van der Waals surface area contributed by atoms with Crippen molar-refractivity contribution in [2.24, 2.45) is 0 Å². The van der Waals surface area contributed by atoms with Gasteiger partial charge in [-0.05, 0) is 49.2 Å². The van der Waals surface area contributed by atoms with Gasteiger partial charge in [-0.1, -0.05) is 11.6 Å². The lowest BCUT2D eigenvalue weighted by atomic mass is 10.1. The predicted molar refractivity (Wildman–Crippen MR) is 73.1 cm³/mol. The number of nitrogens with zero attached hydrogens (tertiary/aromatic N) is 1. The van der Waals surface area contributed by atoms with Crippen molar-refractivity contribution >= 4 is 23.2 Å². The third kappa shape index (κ3) is 2.90. The Hall–Kier alpha value is -1.94. The first-order valence-corrected chi connectivity index (χ1v) is 6.05. The van der Waals surface area contributed by atoms with Crippen LogP contribution in [0.4, 0.5) is 10.1 Å². The Morgan fingerprint density at radius 3 is 2.63 bits per heavy atom. The van der Waals surface area contributed by atoms with Crippen LogP contribution in [-0.4, -0.2) is 10.9 Å². The molecule has 19 heavy (non-hydrogen) atoms. The van der Waals surface area contributed by atoms with E-state index in [0.29, 0.717) is 16.8 Å². The summed E-state index contributed by atoms with van der Waals surface area (Å²) in [6.07, 6.45) is 1.57. The van der Waals surface area contributed by atoms with Crippen LogP contribution in [0.1, 0.15) is 21.5 Å². The van der Waals surface area contributed by atoms with Crippen LogP contribution in [0, 0.1) is 19.7 Å². The molecule has 0 fully saturated rings. The zero-order chi connectivity index (χ0) is 14.0. The van der Waals surface area contributed by atoms with Crippen LogP contribution in [0.5, 0.6) is 0 Å². The molecule has 0 radical (unpaired) electrons. The van der Waals surface area contributed by atoms with Gasteiger partial charge in [-0.2, -0.15) is 0 Å². The van der Waals surface area contributed by atoms with Gasteiger partial charge in [-0.15, -0.1) is 0 Å². The first kappa shape index (κ1) is 13.5. The van der Waals surface area contributed by atoms with Crippen molar-refractivity contribution in [2.75, 3.05) is 5.32 Å². The number of hydrogen-bond donors (Lipinski definition) is 1. The molecule has 0 atom stereocenters. The fraction of sp³-hybridized carbons (Fsp3) is 0.143. The highest BCUT2D eigenvalue weighted by atomic mass is 35.5. The van der Waals surface area contributed by atoms with Crippen LogP contribution in [0.2, 0.25) is 5.15 Å². The van der Waals surface area contributed by atoms with Gasteiger partial charge in [0.2, 0.25) is 0 Å². The van der Waals surface area contributed by atoms with E-state index in [4.69, 9.17) is 11.6 Å². The minimum Gasteiger partial charge on any atom is -0.319 e. The number of carbonyl (C=O) groups is 1. The Morgan fingerprint density at radius 1 is 1.26 bits per heavy atom. The highest BCUT2D eigenvalue weighted by molar-refractivity contribution is 6.32. The number of amides is 1. The van der Waals surface area contributed by atoms with E-state index in [1.54, 1.807) is 19.2 Å². The van der Waals surface area contributed by atoms with Gasteiger partial charge < -0.3 is 5.32 Å². The van der Waals surface area contributed by atoms with Gasteiger partial charge in [0.25, 0.3) is 5.91 Å². The summed E-state index contributed by atoms with van der Waals surface area (Å²) < 4.78 is 13.0. The summed E-state index contributed by atoms with van der Waals surface area (Å²) in [6.45, 7) is 3.50. The number of benzene rings is 1. The van der Waals surface area contributed by atoms with Crippen molar-refractivity contribution in [2.45, 2.75) is 13.8 Å². The second-order valence-electron chi connectivity index (χ2n) is 4.21. The van der Waals surface area contributed by atoms with Gasteiger partial charge in [-0.25, -0.2) is 9.37 Å². The molecule has 0 saturated carbocycles. The quantitative estimate of drug-likeness (QED) is 0.850. The fourth-order valence-corrected chi connectivity index (χ4v) is 1.99. The molecule has 3 nitrogen and oxygen atoms in total. The molecule has 2 aromatic rings. The Morgan fingerprint density at radius 2 is 2.00 bits per heavy atom. The van der Waals surface area contributed by atoms with Crippen molar-refractivity contribution in [3.05, 3.63) is 58.1 Å². The Bertz CT molecular complexity index is 623. The molecular formula is C14H12ClFN2O. The maximum Gasteiger partial charge on any atom is 0.256 e. The predicted octanol–water partition coefficient (Wildman–Crippen LogP) is 3.74. The lowest BCUT2D eigenvalue weighted by Crippen LogP contribution is -2.15. The molecule has 0 unspecified atom stereocenters. The number of carbonyl (C=O) groups excluding carboxylic acids is 1. The van der Waals surface area contributed by atoms with E-state index in [9.17, 15) is 9.18 Å². The number of hydrogen-bond acceptors (Lipinski definition) is 2. The lowest BCUT2D eigenvalue weighted by Gasteiger charge is -2.11. The first-order valence-electron chi connectivity index (χ1n) is 5.67. The highest BCUT2D eigenvalue weighted by Crippen LogP contribution is 2.23. The van der Waals surface area contributed by atoms with Crippen LogP contribution >= 0.6 is 11.6 Å². The van der Waals surface area contributed by atoms with Crippen molar-refractivity contribution in [3.8, 4) is 0 Å². The third-order valence-electron chi connectivity index (χ3n) is 2.78. The summed E-state index contributed by atoms with van der Waals surface area (Å²) in [5.74, 6) is -0.708. The molecule has 1 amide bonds. The Kier molecular flexibility index (Phi) is 3.81. The van der Waals surface area contributed by atoms with E-state index in [-0.39, 0.29) is 16.9 Å². The van der Waals surface area contributed by atoms with Crippen LogP contribution in [-0.2, 0) is 0 Å². The average Bonchev–Trinajstić information content (AvgIpc) is 2.33. The minimum atomic E-state index is -0.371. The standard InChI is InChI=1S/C14H12ClFN2O/c1-8-5-6-17-13(15)12(8)18-14(19)11-4-3-10(16)7-9(11)2/h3-7H,1-2H3,(H,18,19). The number of aryl methyl sites for hydroxylation is 2. The topological polar surface area (TPSA) is 42.0 Å². The molecule has 1 N–H and O–H groups in total. The molecule has 0 saturated heterocycles. The van der Waals surface area contributed by atoms with E-state index in [1.807, 2.05) is 6.92 Å². The second-order valence-corrected chi connectivity index (χ2v) is 4.57. The number of rotatable bonds is 2. The molecule has 0 aliphatic heterocycles. The largest absolute Gasteiger partial charge is 0.319 e. The molecule has 0 spiro atoms.